The highest BCUT2D eigenvalue weighted by Gasteiger charge is 2.35. The van der Waals surface area contributed by atoms with Gasteiger partial charge in [0.05, 0.1) is 11.6 Å². The number of nitrogens with one attached hydrogen (secondary N) is 1. The van der Waals surface area contributed by atoms with Crippen molar-refractivity contribution >= 4 is 17.5 Å². The molecular weight excluding hydrogens is 316 g/mol. The van der Waals surface area contributed by atoms with Crippen LogP contribution in [0.2, 0.25) is 0 Å². The van der Waals surface area contributed by atoms with E-state index in [2.05, 4.69) is 5.32 Å². The number of amides is 2. The zero-order chi connectivity index (χ0) is 17.3. The van der Waals surface area contributed by atoms with E-state index in [1.165, 1.54) is 12.1 Å². The smallest absolute Gasteiger partial charge is 0.225 e. The summed E-state index contributed by atoms with van der Waals surface area (Å²) >= 11 is 0. The predicted octanol–water partition coefficient (Wildman–Crippen LogP) is 1.53. The van der Waals surface area contributed by atoms with Crippen molar-refractivity contribution in [3.8, 4) is 0 Å². The van der Waals surface area contributed by atoms with E-state index in [9.17, 15) is 18.4 Å². The largest absolute Gasteiger partial charge is 0.367 e. The van der Waals surface area contributed by atoms with Crippen LogP contribution in [0.15, 0.2) is 18.2 Å². The number of carbonyl (C=O) groups excluding carboxylic acids is 2. The molecule has 0 unspecified atom stereocenters. The molecule has 0 radical (unpaired) electrons. The summed E-state index contributed by atoms with van der Waals surface area (Å²) in [6.45, 7) is 4.04. The topological polar surface area (TPSA) is 52.7 Å². The van der Waals surface area contributed by atoms with Gasteiger partial charge in [-0.05, 0) is 25.5 Å². The Morgan fingerprint density at radius 3 is 2.79 bits per heavy atom. The zero-order valence-electron chi connectivity index (χ0n) is 13.6. The Hall–Kier alpha value is -2.18. The van der Waals surface area contributed by atoms with Gasteiger partial charge >= 0.3 is 0 Å². The summed E-state index contributed by atoms with van der Waals surface area (Å²) in [4.78, 5) is 27.5. The molecule has 2 aliphatic heterocycles. The molecule has 24 heavy (non-hydrogen) atoms. The van der Waals surface area contributed by atoms with Gasteiger partial charge in [0.25, 0.3) is 0 Å². The lowest BCUT2D eigenvalue weighted by Crippen LogP contribution is -2.41. The Bertz CT molecular complexity index is 653. The molecule has 0 aromatic heterocycles. The Labute approximate surface area is 139 Å². The lowest BCUT2D eigenvalue weighted by molar-refractivity contribution is -0.129. The third kappa shape index (κ3) is 3.34. The van der Waals surface area contributed by atoms with Gasteiger partial charge in [-0.25, -0.2) is 8.78 Å². The van der Waals surface area contributed by atoms with E-state index in [4.69, 9.17) is 0 Å². The molecular formula is C17H21F2N3O2. The molecule has 0 aliphatic carbocycles. The molecule has 1 aromatic carbocycles. The normalized spacial score (nSPS) is 23.9. The third-order valence-electron chi connectivity index (χ3n) is 4.75. The first-order chi connectivity index (χ1) is 11.5. The molecule has 0 bridgehead atoms. The van der Waals surface area contributed by atoms with Crippen molar-refractivity contribution in [3.05, 3.63) is 29.8 Å². The lowest BCUT2D eigenvalue weighted by atomic mass is 10.1. The third-order valence-corrected chi connectivity index (χ3v) is 4.75. The molecule has 2 saturated heterocycles. The van der Waals surface area contributed by atoms with Gasteiger partial charge in [-0.1, -0.05) is 0 Å². The summed E-state index contributed by atoms with van der Waals surface area (Å²) < 4.78 is 26.9. The quantitative estimate of drug-likeness (QED) is 0.907. The first kappa shape index (κ1) is 16.7. The van der Waals surface area contributed by atoms with Crippen LogP contribution in [0.3, 0.4) is 0 Å². The fourth-order valence-corrected chi connectivity index (χ4v) is 3.41. The summed E-state index contributed by atoms with van der Waals surface area (Å²) in [6, 6.07) is 3.43. The maximum absolute atomic E-state index is 13.9. The van der Waals surface area contributed by atoms with Crippen LogP contribution in [0, 0.1) is 17.6 Å². The Morgan fingerprint density at radius 1 is 1.33 bits per heavy atom. The predicted molar refractivity (Wildman–Crippen MR) is 85.5 cm³/mol. The minimum Gasteiger partial charge on any atom is -0.367 e. The van der Waals surface area contributed by atoms with Crippen molar-refractivity contribution in [3.63, 3.8) is 0 Å². The first-order valence-corrected chi connectivity index (χ1v) is 8.26. The lowest BCUT2D eigenvalue weighted by Gasteiger charge is -2.20. The van der Waals surface area contributed by atoms with Crippen molar-refractivity contribution in [2.24, 2.45) is 5.92 Å². The molecule has 5 nitrogen and oxygen atoms in total. The van der Waals surface area contributed by atoms with E-state index >= 15 is 0 Å². The van der Waals surface area contributed by atoms with Crippen molar-refractivity contribution in [2.45, 2.75) is 25.8 Å². The molecule has 2 fully saturated rings. The zero-order valence-corrected chi connectivity index (χ0v) is 13.6. The number of halogens is 2. The van der Waals surface area contributed by atoms with Crippen LogP contribution >= 0.6 is 0 Å². The minimum atomic E-state index is -0.605. The highest BCUT2D eigenvalue weighted by Crippen LogP contribution is 2.25. The number of rotatable bonds is 4. The van der Waals surface area contributed by atoms with Crippen LogP contribution in [0.4, 0.5) is 14.5 Å². The van der Waals surface area contributed by atoms with Gasteiger partial charge in [-0.3, -0.25) is 9.59 Å². The SMILES string of the molecule is CCN1C[C@H](C(=O)N[C@@H]2CCN(c3ccc(F)cc3F)C2)CC1=O. The maximum Gasteiger partial charge on any atom is 0.225 e. The Balaban J connectivity index is 1.56. The maximum atomic E-state index is 13.9. The van der Waals surface area contributed by atoms with E-state index in [-0.39, 0.29) is 30.2 Å². The van der Waals surface area contributed by atoms with Crippen molar-refractivity contribution in [1.29, 1.82) is 0 Å². The molecule has 2 heterocycles. The van der Waals surface area contributed by atoms with E-state index in [0.29, 0.717) is 38.3 Å². The number of hydrogen-bond acceptors (Lipinski definition) is 3. The van der Waals surface area contributed by atoms with Gasteiger partial charge in [0.15, 0.2) is 0 Å². The average molecular weight is 337 g/mol. The van der Waals surface area contributed by atoms with E-state index in [0.717, 1.165) is 6.07 Å². The van der Waals surface area contributed by atoms with E-state index < -0.39 is 11.6 Å². The molecule has 7 heteroatoms. The Morgan fingerprint density at radius 2 is 2.12 bits per heavy atom. The van der Waals surface area contributed by atoms with Crippen molar-refractivity contribution in [2.75, 3.05) is 31.1 Å². The Kier molecular flexibility index (Phi) is 4.69. The highest BCUT2D eigenvalue weighted by atomic mass is 19.1. The number of benzene rings is 1. The summed E-state index contributed by atoms with van der Waals surface area (Å²) in [5, 5.41) is 2.96. The summed E-state index contributed by atoms with van der Waals surface area (Å²) in [5.74, 6) is -1.62. The first-order valence-electron chi connectivity index (χ1n) is 8.26. The summed E-state index contributed by atoms with van der Waals surface area (Å²) in [5.41, 5.74) is 0.348. The fraction of sp³-hybridized carbons (Fsp3) is 0.529. The number of nitrogens with zero attached hydrogens (tertiary/aromatic N) is 2. The second-order valence-electron chi connectivity index (χ2n) is 6.37. The number of hydrogen-bond donors (Lipinski definition) is 1. The van der Waals surface area contributed by atoms with Crippen LogP contribution < -0.4 is 10.2 Å². The minimum absolute atomic E-state index is 0.0130. The van der Waals surface area contributed by atoms with E-state index in [1.54, 1.807) is 9.80 Å². The monoisotopic (exact) mass is 337 g/mol. The van der Waals surface area contributed by atoms with Crippen LogP contribution in [0.1, 0.15) is 19.8 Å². The van der Waals surface area contributed by atoms with Gasteiger partial charge in [0, 0.05) is 44.7 Å². The average Bonchev–Trinajstić information content (AvgIpc) is 3.14. The second kappa shape index (κ2) is 6.75. The standard InChI is InChI=1S/C17H21F2N3O2/c1-2-21-9-11(7-16(21)23)17(24)20-13-5-6-22(10-13)15-4-3-12(18)8-14(15)19/h3-4,8,11,13H,2,5-7,9-10H2,1H3,(H,20,24)/t11-,13-/m1/s1. The second-order valence-corrected chi connectivity index (χ2v) is 6.37. The molecule has 2 atom stereocenters. The van der Waals surface area contributed by atoms with Gasteiger partial charge in [0.1, 0.15) is 11.6 Å². The van der Waals surface area contributed by atoms with Crippen LogP contribution in [0.5, 0.6) is 0 Å². The molecule has 3 rings (SSSR count). The van der Waals surface area contributed by atoms with Crippen LogP contribution in [-0.2, 0) is 9.59 Å². The van der Waals surface area contributed by atoms with E-state index in [1.807, 2.05) is 6.92 Å². The summed E-state index contributed by atoms with van der Waals surface area (Å²) in [6.07, 6.45) is 0.948. The molecule has 2 aliphatic rings. The molecule has 1 aromatic rings. The van der Waals surface area contributed by atoms with Crippen LogP contribution in [0.25, 0.3) is 0 Å². The van der Waals surface area contributed by atoms with Crippen molar-refractivity contribution in [1.82, 2.24) is 10.2 Å². The van der Waals surface area contributed by atoms with Gasteiger partial charge in [0.2, 0.25) is 11.8 Å². The molecule has 1 N–H and O–H groups in total. The van der Waals surface area contributed by atoms with Gasteiger partial charge in [-0.15, -0.1) is 0 Å². The number of carbonyl (C=O) groups is 2. The van der Waals surface area contributed by atoms with Gasteiger partial charge in [-0.2, -0.15) is 0 Å². The highest BCUT2D eigenvalue weighted by molar-refractivity contribution is 5.89. The van der Waals surface area contributed by atoms with Crippen LogP contribution in [-0.4, -0.2) is 48.9 Å². The number of anilines is 1. The number of likely N-dealkylation sites (tertiary alicyclic amines) is 1. The summed E-state index contributed by atoms with van der Waals surface area (Å²) in [7, 11) is 0. The molecule has 2 amide bonds. The fourth-order valence-electron chi connectivity index (χ4n) is 3.41. The molecule has 130 valence electrons. The molecule has 0 saturated carbocycles. The van der Waals surface area contributed by atoms with Crippen molar-refractivity contribution < 1.29 is 18.4 Å². The molecule has 0 spiro atoms. The van der Waals surface area contributed by atoms with Gasteiger partial charge < -0.3 is 15.1 Å².